The Morgan fingerprint density at radius 2 is 2.22 bits per heavy atom. The Kier molecular flexibility index (Phi) is 3.95. The van der Waals surface area contributed by atoms with Gasteiger partial charge in [-0.15, -0.1) is 0 Å². The third-order valence-corrected chi connectivity index (χ3v) is 4.19. The molecule has 18 heavy (non-hydrogen) atoms. The van der Waals surface area contributed by atoms with Gasteiger partial charge in [0.15, 0.2) is 0 Å². The first kappa shape index (κ1) is 13.4. The van der Waals surface area contributed by atoms with Gasteiger partial charge in [-0.2, -0.15) is 0 Å². The monoisotopic (exact) mass is 311 g/mol. The van der Waals surface area contributed by atoms with Crippen LogP contribution in [0, 0.1) is 11.8 Å². The van der Waals surface area contributed by atoms with E-state index in [1.807, 2.05) is 6.07 Å². The maximum absolute atomic E-state index is 11.3. The van der Waals surface area contributed by atoms with Crippen LogP contribution in [0.25, 0.3) is 0 Å². The molecule has 2 rings (SSSR count). The number of anilines is 1. The second kappa shape index (κ2) is 5.31. The van der Waals surface area contributed by atoms with Crippen molar-refractivity contribution in [1.29, 1.82) is 0 Å². The second-order valence-electron chi connectivity index (χ2n) is 5.21. The largest absolute Gasteiger partial charge is 0.478 e. The molecule has 1 fully saturated rings. The zero-order valence-corrected chi connectivity index (χ0v) is 12.3. The van der Waals surface area contributed by atoms with Gasteiger partial charge in [0.1, 0.15) is 0 Å². The van der Waals surface area contributed by atoms with E-state index in [1.54, 1.807) is 12.1 Å². The number of halogens is 1. The molecular formula is C14H18BrNO2. The van der Waals surface area contributed by atoms with Gasteiger partial charge in [-0.1, -0.05) is 29.8 Å². The molecule has 0 bridgehead atoms. The average Bonchev–Trinajstić information content (AvgIpc) is 2.77. The molecule has 0 aliphatic carbocycles. The van der Waals surface area contributed by atoms with Gasteiger partial charge in [-0.3, -0.25) is 0 Å². The van der Waals surface area contributed by atoms with Crippen LogP contribution < -0.4 is 4.90 Å². The summed E-state index contributed by atoms with van der Waals surface area (Å²) >= 11 is 3.42. The molecule has 0 amide bonds. The molecule has 1 heterocycles. The highest BCUT2D eigenvalue weighted by atomic mass is 79.9. The number of carbonyl (C=O) groups is 1. The highest BCUT2D eigenvalue weighted by Crippen LogP contribution is 2.32. The summed E-state index contributed by atoms with van der Waals surface area (Å²) < 4.78 is 0.926. The molecule has 1 aromatic rings. The summed E-state index contributed by atoms with van der Waals surface area (Å²) in [5, 5.41) is 9.25. The lowest BCUT2D eigenvalue weighted by Gasteiger charge is -2.22. The van der Waals surface area contributed by atoms with E-state index in [2.05, 4.69) is 34.7 Å². The highest BCUT2D eigenvalue weighted by molar-refractivity contribution is 9.10. The van der Waals surface area contributed by atoms with E-state index in [0.717, 1.165) is 29.7 Å². The number of nitrogens with zero attached hydrogens (tertiary/aromatic N) is 1. The minimum absolute atomic E-state index is 0.391. The van der Waals surface area contributed by atoms with Crippen LogP contribution in [-0.2, 0) is 0 Å². The van der Waals surface area contributed by atoms with Crippen molar-refractivity contribution in [2.75, 3.05) is 18.0 Å². The lowest BCUT2D eigenvalue weighted by molar-refractivity contribution is 0.0697. The van der Waals surface area contributed by atoms with Gasteiger partial charge < -0.3 is 10.0 Å². The molecule has 98 valence electrons. The van der Waals surface area contributed by atoms with E-state index in [1.165, 1.54) is 0 Å². The van der Waals surface area contributed by atoms with Crippen LogP contribution in [0.3, 0.4) is 0 Å². The molecule has 0 saturated carbocycles. The van der Waals surface area contributed by atoms with Crippen LogP contribution in [0.2, 0.25) is 0 Å². The Morgan fingerprint density at radius 3 is 2.78 bits per heavy atom. The second-order valence-corrected chi connectivity index (χ2v) is 6.12. The number of hydrogen-bond donors (Lipinski definition) is 1. The van der Waals surface area contributed by atoms with Gasteiger partial charge in [0.25, 0.3) is 0 Å². The molecular weight excluding hydrogens is 294 g/mol. The number of carboxylic acids is 1. The van der Waals surface area contributed by atoms with E-state index >= 15 is 0 Å². The quantitative estimate of drug-likeness (QED) is 0.926. The highest BCUT2D eigenvalue weighted by Gasteiger charge is 2.27. The number of carboxylic acid groups (broad SMARTS) is 1. The molecule has 1 aliphatic heterocycles. The Balaban J connectivity index is 2.28. The average molecular weight is 312 g/mol. The fraction of sp³-hybridized carbons (Fsp3) is 0.500. The van der Waals surface area contributed by atoms with Crippen LogP contribution >= 0.6 is 15.9 Å². The lowest BCUT2D eigenvalue weighted by atomic mass is 9.95. The number of hydrogen-bond acceptors (Lipinski definition) is 2. The number of rotatable bonds is 3. The molecule has 1 atom stereocenters. The zero-order valence-electron chi connectivity index (χ0n) is 10.7. The summed E-state index contributed by atoms with van der Waals surface area (Å²) in [7, 11) is 0. The number of benzene rings is 1. The summed E-state index contributed by atoms with van der Waals surface area (Å²) in [6.45, 7) is 6.36. The van der Waals surface area contributed by atoms with Crippen molar-refractivity contribution in [2.24, 2.45) is 11.8 Å². The molecule has 1 aliphatic rings. The van der Waals surface area contributed by atoms with Crippen molar-refractivity contribution in [3.63, 3.8) is 0 Å². The van der Waals surface area contributed by atoms with Gasteiger partial charge >= 0.3 is 5.97 Å². The Labute approximate surface area is 116 Å². The van der Waals surface area contributed by atoms with Gasteiger partial charge in [0.05, 0.1) is 11.3 Å². The molecule has 3 nitrogen and oxygen atoms in total. The maximum Gasteiger partial charge on any atom is 0.337 e. The molecule has 1 N–H and O–H groups in total. The van der Waals surface area contributed by atoms with Gasteiger partial charge in [0.2, 0.25) is 0 Å². The standard InChI is InChI=1S/C14H18BrNO2/c1-9(2)10-5-6-16(8-10)13-7-11(15)3-4-12(13)14(17)18/h3-4,7,9-10H,5-6,8H2,1-2H3,(H,17,18). The van der Waals surface area contributed by atoms with Gasteiger partial charge in [0, 0.05) is 17.6 Å². The fourth-order valence-corrected chi connectivity index (χ4v) is 2.85. The van der Waals surface area contributed by atoms with E-state index in [9.17, 15) is 9.90 Å². The van der Waals surface area contributed by atoms with Crippen LogP contribution in [0.4, 0.5) is 5.69 Å². The van der Waals surface area contributed by atoms with E-state index in [-0.39, 0.29) is 0 Å². The van der Waals surface area contributed by atoms with E-state index in [0.29, 0.717) is 17.4 Å². The molecule has 0 spiro atoms. The Hall–Kier alpha value is -1.03. The number of aromatic carboxylic acids is 1. The molecule has 1 saturated heterocycles. The van der Waals surface area contributed by atoms with E-state index in [4.69, 9.17) is 0 Å². The Bertz CT molecular complexity index is 459. The summed E-state index contributed by atoms with van der Waals surface area (Å²) in [6.07, 6.45) is 1.14. The van der Waals surface area contributed by atoms with Crippen molar-refractivity contribution in [2.45, 2.75) is 20.3 Å². The summed E-state index contributed by atoms with van der Waals surface area (Å²) in [5.41, 5.74) is 1.22. The van der Waals surface area contributed by atoms with Crippen LogP contribution in [-0.4, -0.2) is 24.2 Å². The molecule has 0 aromatic heterocycles. The summed E-state index contributed by atoms with van der Waals surface area (Å²) in [6, 6.07) is 5.36. The van der Waals surface area contributed by atoms with Crippen LogP contribution in [0.5, 0.6) is 0 Å². The summed E-state index contributed by atoms with van der Waals surface area (Å²) in [4.78, 5) is 13.5. The van der Waals surface area contributed by atoms with Crippen molar-refractivity contribution >= 4 is 27.6 Å². The van der Waals surface area contributed by atoms with Crippen LogP contribution in [0.1, 0.15) is 30.6 Å². The van der Waals surface area contributed by atoms with Crippen molar-refractivity contribution in [3.8, 4) is 0 Å². The molecule has 0 radical (unpaired) electrons. The Morgan fingerprint density at radius 1 is 1.50 bits per heavy atom. The lowest BCUT2D eigenvalue weighted by Crippen LogP contribution is -2.23. The van der Waals surface area contributed by atoms with Crippen molar-refractivity contribution in [3.05, 3.63) is 28.2 Å². The predicted octanol–water partition coefficient (Wildman–Crippen LogP) is 3.63. The normalized spacial score (nSPS) is 19.6. The van der Waals surface area contributed by atoms with E-state index < -0.39 is 5.97 Å². The van der Waals surface area contributed by atoms with Gasteiger partial charge in [-0.25, -0.2) is 4.79 Å². The zero-order chi connectivity index (χ0) is 13.3. The predicted molar refractivity (Wildman–Crippen MR) is 76.3 cm³/mol. The van der Waals surface area contributed by atoms with Gasteiger partial charge in [-0.05, 0) is 36.5 Å². The van der Waals surface area contributed by atoms with Crippen LogP contribution in [0.15, 0.2) is 22.7 Å². The maximum atomic E-state index is 11.3. The smallest absolute Gasteiger partial charge is 0.337 e. The first-order valence-corrected chi connectivity index (χ1v) is 7.06. The first-order chi connectivity index (χ1) is 8.49. The van der Waals surface area contributed by atoms with Crippen molar-refractivity contribution < 1.29 is 9.90 Å². The molecule has 4 heteroatoms. The summed E-state index contributed by atoms with van der Waals surface area (Å²) in [5.74, 6) is 0.451. The minimum atomic E-state index is -0.856. The van der Waals surface area contributed by atoms with Crippen molar-refractivity contribution in [1.82, 2.24) is 0 Å². The topological polar surface area (TPSA) is 40.5 Å². The molecule has 1 unspecified atom stereocenters. The third-order valence-electron chi connectivity index (χ3n) is 3.70. The third kappa shape index (κ3) is 2.69. The first-order valence-electron chi connectivity index (χ1n) is 6.27. The molecule has 1 aromatic carbocycles. The minimum Gasteiger partial charge on any atom is -0.478 e. The fourth-order valence-electron chi connectivity index (χ4n) is 2.50. The SMILES string of the molecule is CC(C)C1CCN(c2cc(Br)ccc2C(=O)O)C1.